The first-order valence-electron chi connectivity index (χ1n) is 7.96. The van der Waals surface area contributed by atoms with Gasteiger partial charge in [0, 0.05) is 36.2 Å². The number of carbonyl (C=O) groups excluding carboxylic acids is 1. The van der Waals surface area contributed by atoms with Gasteiger partial charge in [0.1, 0.15) is 0 Å². The molecular weight excluding hydrogens is 332 g/mol. The Hall–Kier alpha value is -1.05. The lowest BCUT2D eigenvalue weighted by molar-refractivity contribution is -0.125. The van der Waals surface area contributed by atoms with Gasteiger partial charge in [0.05, 0.1) is 5.75 Å². The summed E-state index contributed by atoms with van der Waals surface area (Å²) in [5.74, 6) is 0.937. The second-order valence-corrected chi connectivity index (χ2v) is 8.95. The summed E-state index contributed by atoms with van der Waals surface area (Å²) in [6, 6.07) is 10.1. The highest BCUT2D eigenvalue weighted by Crippen LogP contribution is 2.20. The summed E-state index contributed by atoms with van der Waals surface area (Å²) in [4.78, 5) is 13.3. The molecule has 0 aromatic heterocycles. The molecule has 0 radical (unpaired) electrons. The number of nitrogens with zero attached hydrogens (tertiary/aromatic N) is 1. The van der Waals surface area contributed by atoms with Crippen molar-refractivity contribution in [3.8, 4) is 0 Å². The van der Waals surface area contributed by atoms with Crippen molar-refractivity contribution in [2.45, 2.75) is 24.7 Å². The molecule has 0 saturated carbocycles. The molecule has 1 aromatic carbocycles. The van der Waals surface area contributed by atoms with E-state index in [0.29, 0.717) is 32.5 Å². The standard InChI is InChI=1S/C16H24N2O3S2/c1-2-23(20,21)18-11-8-14(9-12-18)16(19)17-10-13-22-15-6-4-3-5-7-15/h3-7,14H,2,8-13H2,1H3,(H,17,19). The molecule has 5 nitrogen and oxygen atoms in total. The third kappa shape index (κ3) is 5.51. The number of sulfonamides is 1. The number of benzene rings is 1. The predicted molar refractivity (Wildman–Crippen MR) is 93.9 cm³/mol. The average molecular weight is 357 g/mol. The van der Waals surface area contributed by atoms with Gasteiger partial charge in [0.2, 0.25) is 15.9 Å². The molecule has 1 aromatic rings. The minimum absolute atomic E-state index is 0.0483. The van der Waals surface area contributed by atoms with Crippen LogP contribution in [-0.4, -0.2) is 49.8 Å². The fourth-order valence-electron chi connectivity index (χ4n) is 2.58. The molecule has 1 amide bonds. The van der Waals surface area contributed by atoms with Crippen LogP contribution in [0.5, 0.6) is 0 Å². The quantitative estimate of drug-likeness (QED) is 0.599. The second kappa shape index (κ2) is 8.70. The molecule has 0 bridgehead atoms. The van der Waals surface area contributed by atoms with Gasteiger partial charge < -0.3 is 5.32 Å². The Bertz CT molecular complexity index is 597. The number of hydrogen-bond acceptors (Lipinski definition) is 4. The van der Waals surface area contributed by atoms with Crippen molar-refractivity contribution in [2.75, 3.05) is 31.1 Å². The van der Waals surface area contributed by atoms with E-state index in [0.717, 1.165) is 5.75 Å². The van der Waals surface area contributed by atoms with Crippen LogP contribution in [0.2, 0.25) is 0 Å². The molecule has 0 aliphatic carbocycles. The molecule has 1 aliphatic heterocycles. The molecule has 1 N–H and O–H groups in total. The Kier molecular flexibility index (Phi) is 6.92. The van der Waals surface area contributed by atoms with Crippen LogP contribution in [0.25, 0.3) is 0 Å². The van der Waals surface area contributed by atoms with Crippen LogP contribution in [0.15, 0.2) is 35.2 Å². The van der Waals surface area contributed by atoms with E-state index in [1.54, 1.807) is 18.7 Å². The van der Waals surface area contributed by atoms with Crippen LogP contribution in [0.4, 0.5) is 0 Å². The van der Waals surface area contributed by atoms with Gasteiger partial charge in [-0.15, -0.1) is 11.8 Å². The fraction of sp³-hybridized carbons (Fsp3) is 0.562. The number of amides is 1. The minimum Gasteiger partial charge on any atom is -0.355 e. The number of piperidine rings is 1. The van der Waals surface area contributed by atoms with Crippen LogP contribution in [0.3, 0.4) is 0 Å². The molecule has 7 heteroatoms. The SMILES string of the molecule is CCS(=O)(=O)N1CCC(C(=O)NCCSc2ccccc2)CC1. The summed E-state index contributed by atoms with van der Waals surface area (Å²) >= 11 is 1.71. The minimum atomic E-state index is -3.12. The lowest BCUT2D eigenvalue weighted by Gasteiger charge is -2.30. The van der Waals surface area contributed by atoms with Crippen molar-refractivity contribution in [3.63, 3.8) is 0 Å². The van der Waals surface area contributed by atoms with Gasteiger partial charge >= 0.3 is 0 Å². The molecular formula is C16H24N2O3S2. The van der Waals surface area contributed by atoms with Gasteiger partial charge in [0.25, 0.3) is 0 Å². The lowest BCUT2D eigenvalue weighted by Crippen LogP contribution is -2.43. The third-order valence-electron chi connectivity index (χ3n) is 4.00. The maximum absolute atomic E-state index is 12.1. The Morgan fingerprint density at radius 3 is 2.52 bits per heavy atom. The van der Waals surface area contributed by atoms with E-state index < -0.39 is 10.0 Å². The number of hydrogen-bond donors (Lipinski definition) is 1. The van der Waals surface area contributed by atoms with Gasteiger partial charge in [-0.05, 0) is 31.9 Å². The van der Waals surface area contributed by atoms with E-state index in [1.165, 1.54) is 9.20 Å². The maximum Gasteiger partial charge on any atom is 0.223 e. The molecule has 1 aliphatic rings. The summed E-state index contributed by atoms with van der Waals surface area (Å²) in [6.45, 7) is 3.18. The zero-order chi connectivity index (χ0) is 16.7. The second-order valence-electron chi connectivity index (χ2n) is 5.53. The highest BCUT2D eigenvalue weighted by molar-refractivity contribution is 7.99. The van der Waals surface area contributed by atoms with Crippen molar-refractivity contribution in [2.24, 2.45) is 5.92 Å². The molecule has 0 unspecified atom stereocenters. The number of nitrogens with one attached hydrogen (secondary N) is 1. The van der Waals surface area contributed by atoms with E-state index >= 15 is 0 Å². The highest BCUT2D eigenvalue weighted by Gasteiger charge is 2.29. The van der Waals surface area contributed by atoms with Gasteiger partial charge in [-0.25, -0.2) is 12.7 Å². The Morgan fingerprint density at radius 1 is 1.26 bits per heavy atom. The average Bonchev–Trinajstić information content (AvgIpc) is 2.59. The van der Waals surface area contributed by atoms with Crippen LogP contribution in [0, 0.1) is 5.92 Å². The Morgan fingerprint density at radius 2 is 1.91 bits per heavy atom. The monoisotopic (exact) mass is 356 g/mol. The summed E-state index contributed by atoms with van der Waals surface area (Å²) in [5.41, 5.74) is 0. The molecule has 2 rings (SSSR count). The van der Waals surface area contributed by atoms with Gasteiger partial charge in [0.15, 0.2) is 0 Å². The molecule has 128 valence electrons. The van der Waals surface area contributed by atoms with Crippen molar-refractivity contribution in [1.82, 2.24) is 9.62 Å². The number of rotatable bonds is 7. The summed E-state index contributed by atoms with van der Waals surface area (Å²) in [5, 5.41) is 2.96. The molecule has 0 atom stereocenters. The first-order chi connectivity index (χ1) is 11.0. The molecule has 23 heavy (non-hydrogen) atoms. The van der Waals surface area contributed by atoms with Crippen molar-refractivity contribution < 1.29 is 13.2 Å². The van der Waals surface area contributed by atoms with Crippen LogP contribution < -0.4 is 5.32 Å². The lowest BCUT2D eigenvalue weighted by atomic mass is 9.97. The first kappa shape index (κ1) is 18.3. The maximum atomic E-state index is 12.1. The summed E-state index contributed by atoms with van der Waals surface area (Å²) in [6.07, 6.45) is 1.22. The smallest absolute Gasteiger partial charge is 0.223 e. The van der Waals surface area contributed by atoms with Crippen molar-refractivity contribution in [3.05, 3.63) is 30.3 Å². The number of carbonyl (C=O) groups is 1. The molecule has 0 spiro atoms. The van der Waals surface area contributed by atoms with E-state index in [4.69, 9.17) is 0 Å². The summed E-state index contributed by atoms with van der Waals surface area (Å²) in [7, 11) is -3.12. The zero-order valence-electron chi connectivity index (χ0n) is 13.4. The van der Waals surface area contributed by atoms with Crippen LogP contribution in [-0.2, 0) is 14.8 Å². The van der Waals surface area contributed by atoms with E-state index in [9.17, 15) is 13.2 Å². The fourth-order valence-corrected chi connectivity index (χ4v) is 4.50. The van der Waals surface area contributed by atoms with Gasteiger partial charge in [-0.2, -0.15) is 0 Å². The molecule has 1 heterocycles. The van der Waals surface area contributed by atoms with E-state index in [2.05, 4.69) is 17.4 Å². The predicted octanol–water partition coefficient (Wildman–Crippen LogP) is 1.96. The van der Waals surface area contributed by atoms with Gasteiger partial charge in [-0.1, -0.05) is 18.2 Å². The van der Waals surface area contributed by atoms with Crippen molar-refractivity contribution >= 4 is 27.7 Å². The Balaban J connectivity index is 1.67. The third-order valence-corrected chi connectivity index (χ3v) is 6.89. The highest BCUT2D eigenvalue weighted by atomic mass is 32.2. The van der Waals surface area contributed by atoms with E-state index in [1.807, 2.05) is 18.2 Å². The van der Waals surface area contributed by atoms with Crippen LogP contribution >= 0.6 is 11.8 Å². The zero-order valence-corrected chi connectivity index (χ0v) is 15.0. The number of thioether (sulfide) groups is 1. The largest absolute Gasteiger partial charge is 0.355 e. The summed E-state index contributed by atoms with van der Waals surface area (Å²) < 4.78 is 25.1. The molecule has 1 fully saturated rings. The Labute approximate surface area is 142 Å². The normalized spacial score (nSPS) is 17.1. The van der Waals surface area contributed by atoms with Gasteiger partial charge in [-0.3, -0.25) is 4.79 Å². The first-order valence-corrected chi connectivity index (χ1v) is 10.6. The van der Waals surface area contributed by atoms with Crippen LogP contribution in [0.1, 0.15) is 19.8 Å². The van der Waals surface area contributed by atoms with E-state index in [-0.39, 0.29) is 17.6 Å². The molecule has 1 saturated heterocycles. The van der Waals surface area contributed by atoms with Crippen molar-refractivity contribution in [1.29, 1.82) is 0 Å². The topological polar surface area (TPSA) is 66.5 Å².